The molecule has 1 atom stereocenters. The van der Waals surface area contributed by atoms with E-state index in [0.717, 1.165) is 38.8 Å². The predicted octanol–water partition coefficient (Wildman–Crippen LogP) is -0.0968. The molecule has 2 rings (SSSR count). The molecule has 1 unspecified atom stereocenters. The van der Waals surface area contributed by atoms with Gasteiger partial charge < -0.3 is 11.1 Å². The fourth-order valence-electron chi connectivity index (χ4n) is 3.04. The van der Waals surface area contributed by atoms with Gasteiger partial charge in [0, 0.05) is 13.1 Å². The molecule has 0 bridgehead atoms. The summed E-state index contributed by atoms with van der Waals surface area (Å²) in [5.41, 5.74) is 5.30. The zero-order valence-corrected chi connectivity index (χ0v) is 12.7. The summed E-state index contributed by atoms with van der Waals surface area (Å²) in [4.78, 5) is 11.2. The van der Waals surface area contributed by atoms with Crippen molar-refractivity contribution in [2.75, 3.05) is 31.9 Å². The number of hydrogen-bond acceptors (Lipinski definition) is 4. The van der Waals surface area contributed by atoms with Crippen LogP contribution in [0.2, 0.25) is 0 Å². The minimum Gasteiger partial charge on any atom is -0.369 e. The molecule has 0 aromatic carbocycles. The van der Waals surface area contributed by atoms with Gasteiger partial charge in [-0.15, -0.1) is 0 Å². The molecule has 1 amide bonds. The third-order valence-corrected chi connectivity index (χ3v) is 6.29. The van der Waals surface area contributed by atoms with Gasteiger partial charge in [-0.25, -0.2) is 12.7 Å². The number of nitrogens with one attached hydrogen (secondary N) is 1. The maximum absolute atomic E-state index is 12.4. The van der Waals surface area contributed by atoms with Crippen molar-refractivity contribution in [3.8, 4) is 0 Å². The molecule has 116 valence electrons. The molecule has 2 heterocycles. The summed E-state index contributed by atoms with van der Waals surface area (Å²) in [6.45, 7) is 2.76. The molecule has 0 saturated carbocycles. The number of carbonyl (C=O) groups excluding carboxylic acids is 1. The Morgan fingerprint density at radius 2 is 1.95 bits per heavy atom. The highest BCUT2D eigenvalue weighted by molar-refractivity contribution is 7.89. The van der Waals surface area contributed by atoms with Crippen molar-refractivity contribution in [2.45, 2.75) is 32.1 Å². The van der Waals surface area contributed by atoms with Crippen LogP contribution in [0.4, 0.5) is 0 Å². The van der Waals surface area contributed by atoms with E-state index in [1.165, 1.54) is 4.31 Å². The molecule has 7 heteroatoms. The maximum Gasteiger partial charge on any atom is 0.221 e. The van der Waals surface area contributed by atoms with Crippen LogP contribution in [0.3, 0.4) is 0 Å². The number of primary amides is 1. The smallest absolute Gasteiger partial charge is 0.221 e. The van der Waals surface area contributed by atoms with Crippen molar-refractivity contribution in [3.05, 3.63) is 0 Å². The van der Waals surface area contributed by atoms with Crippen molar-refractivity contribution in [1.29, 1.82) is 0 Å². The molecular weight excluding hydrogens is 278 g/mol. The second-order valence-corrected chi connectivity index (χ2v) is 7.99. The topological polar surface area (TPSA) is 92.5 Å². The lowest BCUT2D eigenvalue weighted by atomic mass is 9.96. The maximum atomic E-state index is 12.4. The number of piperidine rings is 2. The summed E-state index contributed by atoms with van der Waals surface area (Å²) < 4.78 is 26.2. The van der Waals surface area contributed by atoms with Crippen molar-refractivity contribution < 1.29 is 13.2 Å². The molecule has 0 aromatic heterocycles. The van der Waals surface area contributed by atoms with Gasteiger partial charge in [-0.05, 0) is 51.1 Å². The Hall–Kier alpha value is -0.660. The predicted molar refractivity (Wildman–Crippen MR) is 77.5 cm³/mol. The molecule has 0 spiro atoms. The lowest BCUT2D eigenvalue weighted by molar-refractivity contribution is -0.122. The number of sulfonamides is 1. The van der Waals surface area contributed by atoms with Gasteiger partial charge in [-0.1, -0.05) is 0 Å². The van der Waals surface area contributed by atoms with Gasteiger partial charge in [0.25, 0.3) is 0 Å². The van der Waals surface area contributed by atoms with Crippen molar-refractivity contribution >= 4 is 15.9 Å². The zero-order chi connectivity index (χ0) is 14.6. The van der Waals surface area contributed by atoms with E-state index in [9.17, 15) is 13.2 Å². The van der Waals surface area contributed by atoms with Gasteiger partial charge in [-0.3, -0.25) is 4.79 Å². The second kappa shape index (κ2) is 6.87. The first-order valence-electron chi connectivity index (χ1n) is 7.47. The molecule has 0 radical (unpaired) electrons. The van der Waals surface area contributed by atoms with Crippen LogP contribution in [0.25, 0.3) is 0 Å². The SMILES string of the molecule is NC(=O)C1CCCN(S(=O)(=O)CCC2CCNCC2)C1. The van der Waals surface area contributed by atoms with Crippen LogP contribution in [0.5, 0.6) is 0 Å². The number of nitrogens with two attached hydrogens (primary N) is 1. The summed E-state index contributed by atoms with van der Waals surface area (Å²) >= 11 is 0. The summed E-state index contributed by atoms with van der Waals surface area (Å²) in [7, 11) is -3.24. The van der Waals surface area contributed by atoms with Gasteiger partial charge in [0.2, 0.25) is 15.9 Å². The molecule has 0 aliphatic carbocycles. The largest absolute Gasteiger partial charge is 0.369 e. The first kappa shape index (κ1) is 15.7. The Labute approximate surface area is 121 Å². The minimum atomic E-state index is -3.24. The number of amides is 1. The van der Waals surface area contributed by atoms with E-state index in [4.69, 9.17) is 5.73 Å². The van der Waals surface area contributed by atoms with E-state index in [1.54, 1.807) is 0 Å². The summed E-state index contributed by atoms with van der Waals surface area (Å²) in [5, 5.41) is 3.28. The van der Waals surface area contributed by atoms with Crippen molar-refractivity contribution in [3.63, 3.8) is 0 Å². The third-order valence-electron chi connectivity index (χ3n) is 4.42. The van der Waals surface area contributed by atoms with Gasteiger partial charge in [-0.2, -0.15) is 0 Å². The Morgan fingerprint density at radius 1 is 1.25 bits per heavy atom. The van der Waals surface area contributed by atoms with Crippen molar-refractivity contribution in [1.82, 2.24) is 9.62 Å². The first-order valence-corrected chi connectivity index (χ1v) is 9.08. The standard InChI is InChI=1S/C13H25N3O3S/c14-13(17)12-2-1-8-16(10-12)20(18,19)9-5-11-3-6-15-7-4-11/h11-12,15H,1-10H2,(H2,14,17). The van der Waals surface area contributed by atoms with E-state index >= 15 is 0 Å². The van der Waals surface area contributed by atoms with Crippen LogP contribution in [0.1, 0.15) is 32.1 Å². The average molecular weight is 303 g/mol. The van der Waals surface area contributed by atoms with Crippen LogP contribution in [-0.2, 0) is 14.8 Å². The summed E-state index contributed by atoms with van der Waals surface area (Å²) in [6, 6.07) is 0. The van der Waals surface area contributed by atoms with Crippen LogP contribution in [0.15, 0.2) is 0 Å². The van der Waals surface area contributed by atoms with E-state index in [-0.39, 0.29) is 24.1 Å². The van der Waals surface area contributed by atoms with Gasteiger partial charge in [0.05, 0.1) is 11.7 Å². The number of rotatable bonds is 5. The molecule has 2 aliphatic heterocycles. The van der Waals surface area contributed by atoms with Gasteiger partial charge in [0.1, 0.15) is 0 Å². The average Bonchev–Trinajstić information content (AvgIpc) is 2.46. The third kappa shape index (κ3) is 4.17. The lowest BCUT2D eigenvalue weighted by Gasteiger charge is -2.31. The fraction of sp³-hybridized carbons (Fsp3) is 0.923. The molecular formula is C13H25N3O3S. The second-order valence-electron chi connectivity index (χ2n) is 5.90. The molecule has 3 N–H and O–H groups in total. The molecule has 20 heavy (non-hydrogen) atoms. The molecule has 6 nitrogen and oxygen atoms in total. The lowest BCUT2D eigenvalue weighted by Crippen LogP contribution is -2.45. The van der Waals surface area contributed by atoms with Crippen LogP contribution in [0, 0.1) is 11.8 Å². The number of nitrogens with zero attached hydrogens (tertiary/aromatic N) is 1. The molecule has 2 saturated heterocycles. The minimum absolute atomic E-state index is 0.198. The quantitative estimate of drug-likeness (QED) is 0.742. The highest BCUT2D eigenvalue weighted by atomic mass is 32.2. The fourth-order valence-corrected chi connectivity index (χ4v) is 4.75. The highest BCUT2D eigenvalue weighted by Gasteiger charge is 2.31. The Morgan fingerprint density at radius 3 is 2.60 bits per heavy atom. The van der Waals surface area contributed by atoms with Crippen LogP contribution in [-0.4, -0.2) is 50.6 Å². The number of hydrogen-bond donors (Lipinski definition) is 2. The van der Waals surface area contributed by atoms with E-state index in [2.05, 4.69) is 5.32 Å². The summed E-state index contributed by atoms with van der Waals surface area (Å²) in [6.07, 6.45) is 4.26. The molecule has 2 fully saturated rings. The summed E-state index contributed by atoms with van der Waals surface area (Å²) in [5.74, 6) is -0.00760. The number of carbonyl (C=O) groups is 1. The first-order chi connectivity index (χ1) is 9.49. The van der Waals surface area contributed by atoms with Crippen LogP contribution >= 0.6 is 0 Å². The van der Waals surface area contributed by atoms with Crippen molar-refractivity contribution in [2.24, 2.45) is 17.6 Å². The van der Waals surface area contributed by atoms with Gasteiger partial charge >= 0.3 is 0 Å². The van der Waals surface area contributed by atoms with Crippen LogP contribution < -0.4 is 11.1 Å². The Balaban J connectivity index is 1.87. The molecule has 2 aliphatic rings. The van der Waals surface area contributed by atoms with E-state index in [1.807, 2.05) is 0 Å². The normalized spacial score (nSPS) is 26.5. The van der Waals surface area contributed by atoms with E-state index in [0.29, 0.717) is 18.9 Å². The highest BCUT2D eigenvalue weighted by Crippen LogP contribution is 2.22. The molecule has 0 aromatic rings. The zero-order valence-electron chi connectivity index (χ0n) is 11.9. The van der Waals surface area contributed by atoms with E-state index < -0.39 is 10.0 Å². The Kier molecular flexibility index (Phi) is 5.40. The Bertz CT molecular complexity index is 432. The monoisotopic (exact) mass is 303 g/mol. The van der Waals surface area contributed by atoms with Gasteiger partial charge in [0.15, 0.2) is 0 Å².